The van der Waals surface area contributed by atoms with Crippen molar-refractivity contribution in [3.05, 3.63) is 29.3 Å². The van der Waals surface area contributed by atoms with Gasteiger partial charge in [0.25, 0.3) is 5.91 Å². The van der Waals surface area contributed by atoms with E-state index >= 15 is 0 Å². The van der Waals surface area contributed by atoms with Crippen molar-refractivity contribution in [2.75, 3.05) is 5.43 Å². The topological polar surface area (TPSA) is 58.4 Å². The molecule has 2 rings (SSSR count). The molecule has 0 radical (unpaired) electrons. The molecular weight excluding hydrogens is 238 g/mol. The van der Waals surface area contributed by atoms with Crippen molar-refractivity contribution in [2.45, 2.75) is 52.1 Å². The minimum absolute atomic E-state index is 0.131. The molecule has 1 amide bonds. The quantitative estimate of drug-likeness (QED) is 0.635. The van der Waals surface area contributed by atoms with Crippen LogP contribution < -0.4 is 11.3 Å². The van der Waals surface area contributed by atoms with E-state index in [2.05, 4.69) is 19.3 Å². The van der Waals surface area contributed by atoms with Crippen LogP contribution in [0.4, 0.5) is 5.69 Å². The number of nitrogens with zero attached hydrogens (tertiary/aromatic N) is 1. The maximum absolute atomic E-state index is 12.6. The fourth-order valence-electron chi connectivity index (χ4n) is 2.93. The minimum Gasteiger partial charge on any atom is -0.333 e. The Bertz CT molecular complexity index is 462. The highest BCUT2D eigenvalue weighted by molar-refractivity contribution is 5.95. The zero-order valence-corrected chi connectivity index (χ0v) is 11.9. The Morgan fingerprint density at radius 1 is 1.32 bits per heavy atom. The molecule has 1 aliphatic rings. The highest BCUT2D eigenvalue weighted by Gasteiger charge is 2.29. The first-order chi connectivity index (χ1) is 9.04. The second-order valence-electron chi connectivity index (χ2n) is 5.52. The van der Waals surface area contributed by atoms with Gasteiger partial charge >= 0.3 is 0 Å². The molecule has 0 aliphatic carbocycles. The number of rotatable bonds is 2. The number of nitrogens with one attached hydrogen (secondary N) is 1. The lowest BCUT2D eigenvalue weighted by molar-refractivity contribution is 0.0510. The van der Waals surface area contributed by atoms with Gasteiger partial charge in [-0.2, -0.15) is 0 Å². The Hall–Kier alpha value is -1.55. The van der Waals surface area contributed by atoms with E-state index in [4.69, 9.17) is 5.84 Å². The number of hydrogen-bond acceptors (Lipinski definition) is 3. The Labute approximate surface area is 114 Å². The maximum Gasteiger partial charge on any atom is 0.254 e. The molecule has 1 saturated heterocycles. The van der Waals surface area contributed by atoms with Gasteiger partial charge < -0.3 is 10.3 Å². The summed E-state index contributed by atoms with van der Waals surface area (Å²) in [6.07, 6.45) is 3.40. The normalized spacial score (nSPS) is 23.3. The van der Waals surface area contributed by atoms with Crippen molar-refractivity contribution in [1.82, 2.24) is 4.90 Å². The van der Waals surface area contributed by atoms with Crippen LogP contribution in [-0.4, -0.2) is 22.9 Å². The summed E-state index contributed by atoms with van der Waals surface area (Å²) in [5.74, 6) is 5.55. The number of piperidine rings is 1. The van der Waals surface area contributed by atoms with Crippen LogP contribution in [0, 0.1) is 6.92 Å². The lowest BCUT2D eigenvalue weighted by atomic mass is 9.96. The fourth-order valence-corrected chi connectivity index (χ4v) is 2.93. The van der Waals surface area contributed by atoms with Crippen molar-refractivity contribution in [3.8, 4) is 0 Å². The number of benzene rings is 1. The summed E-state index contributed by atoms with van der Waals surface area (Å²) in [6, 6.07) is 6.26. The molecule has 0 spiro atoms. The molecule has 3 N–H and O–H groups in total. The Balaban J connectivity index is 2.25. The zero-order valence-electron chi connectivity index (χ0n) is 11.9. The molecule has 0 bridgehead atoms. The van der Waals surface area contributed by atoms with Gasteiger partial charge in [-0.05, 0) is 63.8 Å². The first-order valence-electron chi connectivity index (χ1n) is 6.94. The molecule has 0 saturated carbocycles. The number of nitrogen functional groups attached to an aromatic ring is 1. The number of carbonyl (C=O) groups is 1. The number of nitrogens with two attached hydrogens (primary N) is 1. The van der Waals surface area contributed by atoms with Crippen molar-refractivity contribution in [3.63, 3.8) is 0 Å². The molecule has 104 valence electrons. The van der Waals surface area contributed by atoms with Crippen LogP contribution >= 0.6 is 0 Å². The van der Waals surface area contributed by atoms with Gasteiger partial charge in [-0.1, -0.05) is 0 Å². The van der Waals surface area contributed by atoms with Crippen molar-refractivity contribution in [1.29, 1.82) is 0 Å². The molecule has 0 unspecified atom stereocenters. The van der Waals surface area contributed by atoms with E-state index in [1.807, 2.05) is 30.0 Å². The Kier molecular flexibility index (Phi) is 4.10. The molecule has 2 atom stereocenters. The second kappa shape index (κ2) is 5.61. The van der Waals surface area contributed by atoms with Crippen LogP contribution in [0.5, 0.6) is 0 Å². The van der Waals surface area contributed by atoms with Gasteiger partial charge in [0, 0.05) is 17.6 Å². The summed E-state index contributed by atoms with van der Waals surface area (Å²) in [7, 11) is 0. The van der Waals surface area contributed by atoms with Crippen LogP contribution in [0.25, 0.3) is 0 Å². The summed E-state index contributed by atoms with van der Waals surface area (Å²) in [6.45, 7) is 6.22. The summed E-state index contributed by atoms with van der Waals surface area (Å²) >= 11 is 0. The lowest BCUT2D eigenvalue weighted by Crippen LogP contribution is -2.47. The van der Waals surface area contributed by atoms with Gasteiger partial charge in [0.2, 0.25) is 0 Å². The molecule has 19 heavy (non-hydrogen) atoms. The average molecular weight is 261 g/mol. The monoisotopic (exact) mass is 261 g/mol. The zero-order chi connectivity index (χ0) is 14.0. The predicted molar refractivity (Wildman–Crippen MR) is 77.9 cm³/mol. The molecule has 1 fully saturated rings. The maximum atomic E-state index is 12.6. The Morgan fingerprint density at radius 2 is 1.95 bits per heavy atom. The van der Waals surface area contributed by atoms with E-state index in [1.165, 1.54) is 6.42 Å². The summed E-state index contributed by atoms with van der Waals surface area (Å²) in [5.41, 5.74) is 5.23. The molecule has 0 aromatic heterocycles. The summed E-state index contributed by atoms with van der Waals surface area (Å²) in [5, 5.41) is 0. The van der Waals surface area contributed by atoms with Crippen LogP contribution in [0.3, 0.4) is 0 Å². The average Bonchev–Trinajstić information content (AvgIpc) is 2.38. The van der Waals surface area contributed by atoms with Gasteiger partial charge in [0.1, 0.15) is 0 Å². The highest BCUT2D eigenvalue weighted by Crippen LogP contribution is 2.25. The summed E-state index contributed by atoms with van der Waals surface area (Å²) < 4.78 is 0. The molecule has 1 heterocycles. The molecule has 1 aromatic rings. The van der Waals surface area contributed by atoms with Crippen LogP contribution in [0.15, 0.2) is 18.2 Å². The van der Waals surface area contributed by atoms with Crippen molar-refractivity contribution < 1.29 is 4.79 Å². The second-order valence-corrected chi connectivity index (χ2v) is 5.52. The number of hydrogen-bond donors (Lipinski definition) is 2. The highest BCUT2D eigenvalue weighted by atomic mass is 16.2. The van der Waals surface area contributed by atoms with E-state index in [0.29, 0.717) is 12.1 Å². The summed E-state index contributed by atoms with van der Waals surface area (Å²) in [4.78, 5) is 14.7. The number of anilines is 1. The molecule has 1 aromatic carbocycles. The third-order valence-corrected chi connectivity index (χ3v) is 4.06. The first kappa shape index (κ1) is 13.9. The van der Waals surface area contributed by atoms with E-state index in [0.717, 1.165) is 29.7 Å². The van der Waals surface area contributed by atoms with E-state index in [9.17, 15) is 4.79 Å². The minimum atomic E-state index is 0.131. The van der Waals surface area contributed by atoms with Gasteiger partial charge in [0.15, 0.2) is 0 Å². The van der Waals surface area contributed by atoms with Gasteiger partial charge in [0.05, 0.1) is 5.69 Å². The van der Waals surface area contributed by atoms with Crippen molar-refractivity contribution in [2.24, 2.45) is 5.84 Å². The molecule has 1 aliphatic heterocycles. The standard InChI is InChI=1S/C15H23N3O/c1-10-9-13(7-8-14(10)17-16)15(19)18-11(2)5-4-6-12(18)3/h7-9,11-12,17H,4-6,16H2,1-3H3/t11-,12+. The Morgan fingerprint density at radius 3 is 2.47 bits per heavy atom. The number of amides is 1. The number of carbonyl (C=O) groups excluding carboxylic acids is 1. The third-order valence-electron chi connectivity index (χ3n) is 4.06. The third kappa shape index (κ3) is 2.73. The van der Waals surface area contributed by atoms with Crippen molar-refractivity contribution >= 4 is 11.6 Å². The predicted octanol–water partition coefficient (Wildman–Crippen LogP) is 2.68. The number of likely N-dealkylation sites (tertiary alicyclic amines) is 1. The first-order valence-corrected chi connectivity index (χ1v) is 6.94. The van der Waals surface area contributed by atoms with E-state index < -0.39 is 0 Å². The lowest BCUT2D eigenvalue weighted by Gasteiger charge is -2.39. The van der Waals surface area contributed by atoms with E-state index in [-0.39, 0.29) is 5.91 Å². The van der Waals surface area contributed by atoms with Gasteiger partial charge in [-0.15, -0.1) is 0 Å². The van der Waals surface area contributed by atoms with E-state index in [1.54, 1.807) is 0 Å². The SMILES string of the molecule is Cc1cc(C(=O)N2[C@H](C)CCC[C@@H]2C)ccc1NN. The number of hydrazine groups is 1. The largest absolute Gasteiger partial charge is 0.333 e. The van der Waals surface area contributed by atoms with Crippen LogP contribution in [-0.2, 0) is 0 Å². The number of aryl methyl sites for hydroxylation is 1. The van der Waals surface area contributed by atoms with Crippen LogP contribution in [0.2, 0.25) is 0 Å². The molecule has 4 heteroatoms. The smallest absolute Gasteiger partial charge is 0.254 e. The fraction of sp³-hybridized carbons (Fsp3) is 0.533. The van der Waals surface area contributed by atoms with Crippen LogP contribution in [0.1, 0.15) is 49.0 Å². The molecule has 4 nitrogen and oxygen atoms in total. The van der Waals surface area contributed by atoms with Gasteiger partial charge in [-0.25, -0.2) is 0 Å². The van der Waals surface area contributed by atoms with Gasteiger partial charge in [-0.3, -0.25) is 10.6 Å². The molecular formula is C15H23N3O.